The Kier molecular flexibility index (Phi) is 5.45. The third-order valence-electron chi connectivity index (χ3n) is 3.37. The fourth-order valence-corrected chi connectivity index (χ4v) is 2.47. The Labute approximate surface area is 146 Å². The fourth-order valence-electron chi connectivity index (χ4n) is 1.98. The largest absolute Gasteiger partial charge is 0.271 e. The summed E-state index contributed by atoms with van der Waals surface area (Å²) in [7, 11) is 0. The quantitative estimate of drug-likeness (QED) is 0.611. The second kappa shape index (κ2) is 7.16. The molecule has 0 unspecified atom stereocenters. The predicted molar refractivity (Wildman–Crippen MR) is 96.7 cm³/mol. The summed E-state index contributed by atoms with van der Waals surface area (Å²) in [6.45, 7) is 6.37. The summed E-state index contributed by atoms with van der Waals surface area (Å²) in [5.41, 5.74) is 4.80. The molecule has 0 fully saturated rings. The van der Waals surface area contributed by atoms with E-state index in [-0.39, 0.29) is 11.3 Å². The highest BCUT2D eigenvalue weighted by Crippen LogP contribution is 2.23. The molecule has 0 spiro atoms. The summed E-state index contributed by atoms with van der Waals surface area (Å²) >= 11 is 12.1. The van der Waals surface area contributed by atoms with Crippen molar-refractivity contribution in [3.63, 3.8) is 0 Å². The van der Waals surface area contributed by atoms with E-state index in [1.54, 1.807) is 30.3 Å². The minimum absolute atomic E-state index is 0.0496. The number of hydrogen-bond acceptors (Lipinski definition) is 2. The third-order valence-corrected chi connectivity index (χ3v) is 4.03. The van der Waals surface area contributed by atoms with Crippen molar-refractivity contribution in [3.05, 3.63) is 69.2 Å². The topological polar surface area (TPSA) is 41.5 Å². The maximum Gasteiger partial charge on any atom is 0.271 e. The van der Waals surface area contributed by atoms with Crippen LogP contribution in [0.4, 0.5) is 0 Å². The zero-order valence-electron chi connectivity index (χ0n) is 13.2. The second-order valence-electron chi connectivity index (χ2n) is 6.16. The lowest BCUT2D eigenvalue weighted by molar-refractivity contribution is 0.0955. The van der Waals surface area contributed by atoms with Crippen LogP contribution < -0.4 is 5.43 Å². The third kappa shape index (κ3) is 4.57. The summed E-state index contributed by atoms with van der Waals surface area (Å²) in [6, 6.07) is 12.6. The average molecular weight is 349 g/mol. The van der Waals surface area contributed by atoms with Crippen LogP contribution in [0.2, 0.25) is 10.0 Å². The number of halogens is 2. The van der Waals surface area contributed by atoms with Crippen LogP contribution >= 0.6 is 23.2 Å². The van der Waals surface area contributed by atoms with Gasteiger partial charge in [-0.25, -0.2) is 5.43 Å². The van der Waals surface area contributed by atoms with Gasteiger partial charge < -0.3 is 0 Å². The Balaban J connectivity index is 2.06. The van der Waals surface area contributed by atoms with Gasteiger partial charge in [0.15, 0.2) is 0 Å². The van der Waals surface area contributed by atoms with Crippen LogP contribution in [-0.2, 0) is 5.41 Å². The van der Waals surface area contributed by atoms with Gasteiger partial charge in [0.05, 0.1) is 16.3 Å². The molecule has 120 valence electrons. The summed E-state index contributed by atoms with van der Waals surface area (Å²) in [4.78, 5) is 12.1. The fraction of sp³-hybridized carbons (Fsp3) is 0.222. The van der Waals surface area contributed by atoms with Crippen molar-refractivity contribution < 1.29 is 4.79 Å². The second-order valence-corrected chi connectivity index (χ2v) is 6.98. The summed E-state index contributed by atoms with van der Waals surface area (Å²) < 4.78 is 0. The smallest absolute Gasteiger partial charge is 0.267 e. The van der Waals surface area contributed by atoms with Crippen LogP contribution in [0, 0.1) is 0 Å². The number of hydrazone groups is 1. The Morgan fingerprint density at radius 1 is 1.04 bits per heavy atom. The Morgan fingerprint density at radius 3 is 2.13 bits per heavy atom. The molecule has 0 saturated heterocycles. The Morgan fingerprint density at radius 2 is 1.61 bits per heavy atom. The number of amides is 1. The van der Waals surface area contributed by atoms with Crippen LogP contribution in [0.25, 0.3) is 0 Å². The van der Waals surface area contributed by atoms with E-state index in [0.29, 0.717) is 21.2 Å². The lowest BCUT2D eigenvalue weighted by Gasteiger charge is -2.18. The van der Waals surface area contributed by atoms with Crippen molar-refractivity contribution in [2.75, 3.05) is 0 Å². The van der Waals surface area contributed by atoms with Gasteiger partial charge in [0, 0.05) is 11.1 Å². The molecule has 2 rings (SSSR count). The highest BCUT2D eigenvalue weighted by Gasteiger charge is 2.14. The predicted octanol–water partition coefficient (Wildman–Crippen LogP) is 5.05. The normalized spacial score (nSPS) is 11.7. The molecule has 2 aromatic rings. The molecule has 0 saturated carbocycles. The molecule has 1 N–H and O–H groups in total. The lowest BCUT2D eigenvalue weighted by atomic mass is 9.87. The van der Waals surface area contributed by atoms with Crippen molar-refractivity contribution in [2.45, 2.75) is 26.2 Å². The van der Waals surface area contributed by atoms with E-state index in [9.17, 15) is 4.79 Å². The molecule has 2 aromatic carbocycles. The van der Waals surface area contributed by atoms with Crippen LogP contribution in [0.5, 0.6) is 0 Å². The van der Waals surface area contributed by atoms with Gasteiger partial charge in [0.1, 0.15) is 0 Å². The first kappa shape index (κ1) is 17.5. The van der Waals surface area contributed by atoms with Gasteiger partial charge in [0.2, 0.25) is 0 Å². The summed E-state index contributed by atoms with van der Waals surface area (Å²) in [5.74, 6) is -0.287. The molecule has 0 radical (unpaired) electrons. The van der Waals surface area contributed by atoms with Gasteiger partial charge in [-0.15, -0.1) is 0 Å². The Hall–Kier alpha value is -1.84. The molecule has 0 aromatic heterocycles. The number of nitrogens with one attached hydrogen (secondary N) is 1. The van der Waals surface area contributed by atoms with Crippen LogP contribution in [0.3, 0.4) is 0 Å². The molecule has 0 bridgehead atoms. The van der Waals surface area contributed by atoms with Crippen molar-refractivity contribution in [3.8, 4) is 0 Å². The van der Waals surface area contributed by atoms with E-state index in [1.807, 2.05) is 12.1 Å². The summed E-state index contributed by atoms with van der Waals surface area (Å²) in [6.07, 6.45) is 1.44. The molecular weight excluding hydrogens is 331 g/mol. The molecule has 5 heteroatoms. The van der Waals surface area contributed by atoms with Crippen LogP contribution in [0.1, 0.15) is 42.3 Å². The molecule has 0 aliphatic carbocycles. The molecule has 0 heterocycles. The van der Waals surface area contributed by atoms with E-state index in [1.165, 1.54) is 11.8 Å². The first-order valence-electron chi connectivity index (χ1n) is 7.17. The molecule has 0 aliphatic heterocycles. The number of hydrogen-bond donors (Lipinski definition) is 1. The minimum Gasteiger partial charge on any atom is -0.267 e. The standard InChI is InChI=1S/C18H18Cl2N2O/c1-18(2,3)13-9-7-12(8-10-13)17(23)22-21-11-14-15(19)5-4-6-16(14)20/h4-11H,1-3H3,(H,22,23)/b21-11-. The van der Waals surface area contributed by atoms with E-state index >= 15 is 0 Å². The maximum atomic E-state index is 12.1. The van der Waals surface area contributed by atoms with Gasteiger partial charge in [-0.3, -0.25) is 4.79 Å². The van der Waals surface area contributed by atoms with Crippen molar-refractivity contribution in [1.29, 1.82) is 0 Å². The van der Waals surface area contributed by atoms with Gasteiger partial charge in [0.25, 0.3) is 5.91 Å². The lowest BCUT2D eigenvalue weighted by Crippen LogP contribution is -2.18. The van der Waals surface area contributed by atoms with Crippen LogP contribution in [0.15, 0.2) is 47.6 Å². The molecular formula is C18H18Cl2N2O. The van der Waals surface area contributed by atoms with E-state index < -0.39 is 0 Å². The first-order chi connectivity index (χ1) is 10.8. The van der Waals surface area contributed by atoms with E-state index in [2.05, 4.69) is 31.3 Å². The molecule has 23 heavy (non-hydrogen) atoms. The molecule has 0 aliphatic rings. The highest BCUT2D eigenvalue weighted by molar-refractivity contribution is 6.38. The molecule has 1 amide bonds. The number of carbonyl (C=O) groups is 1. The zero-order valence-corrected chi connectivity index (χ0v) is 14.7. The maximum absolute atomic E-state index is 12.1. The summed E-state index contributed by atoms with van der Waals surface area (Å²) in [5, 5.41) is 4.87. The zero-order chi connectivity index (χ0) is 17.0. The minimum atomic E-state index is -0.287. The van der Waals surface area contributed by atoms with Crippen molar-refractivity contribution in [2.24, 2.45) is 5.10 Å². The molecule has 3 nitrogen and oxygen atoms in total. The number of benzene rings is 2. The number of nitrogens with zero attached hydrogens (tertiary/aromatic N) is 1. The van der Waals surface area contributed by atoms with Crippen molar-refractivity contribution >= 4 is 35.3 Å². The first-order valence-corrected chi connectivity index (χ1v) is 7.92. The van der Waals surface area contributed by atoms with Crippen molar-refractivity contribution in [1.82, 2.24) is 5.43 Å². The number of rotatable bonds is 3. The van der Waals surface area contributed by atoms with E-state index in [0.717, 1.165) is 0 Å². The van der Waals surface area contributed by atoms with Gasteiger partial charge >= 0.3 is 0 Å². The SMILES string of the molecule is CC(C)(C)c1ccc(C(=O)N/N=C\c2c(Cl)cccc2Cl)cc1. The van der Waals surface area contributed by atoms with Gasteiger partial charge in [-0.2, -0.15) is 5.10 Å². The number of carbonyl (C=O) groups excluding carboxylic acids is 1. The van der Waals surface area contributed by atoms with Crippen LogP contribution in [-0.4, -0.2) is 12.1 Å². The van der Waals surface area contributed by atoms with E-state index in [4.69, 9.17) is 23.2 Å². The Bertz CT molecular complexity index is 711. The molecule has 0 atom stereocenters. The van der Waals surface area contributed by atoms with Gasteiger partial charge in [-0.1, -0.05) is 62.2 Å². The highest BCUT2D eigenvalue weighted by atomic mass is 35.5. The van der Waals surface area contributed by atoms with Gasteiger partial charge in [-0.05, 0) is 35.2 Å². The average Bonchev–Trinajstić information content (AvgIpc) is 2.49. The monoisotopic (exact) mass is 348 g/mol.